The van der Waals surface area contributed by atoms with Crippen LogP contribution in [-0.2, 0) is 17.8 Å². The Bertz CT molecular complexity index is 378. The van der Waals surface area contributed by atoms with Gasteiger partial charge in [0.25, 0.3) is 0 Å². The number of nitrogens with zero attached hydrogens (tertiary/aromatic N) is 1. The predicted octanol–water partition coefficient (Wildman–Crippen LogP) is 1.51. The van der Waals surface area contributed by atoms with E-state index in [0.29, 0.717) is 12.6 Å². The minimum atomic E-state index is -0.201. The molecule has 0 bridgehead atoms. The van der Waals surface area contributed by atoms with Gasteiger partial charge in [-0.25, -0.2) is 4.39 Å². The summed E-state index contributed by atoms with van der Waals surface area (Å²) in [6, 6.07) is 5.24. The summed E-state index contributed by atoms with van der Waals surface area (Å²) >= 11 is 0. The Hall–Kier alpha value is -0.970. The Morgan fingerprint density at radius 3 is 2.94 bits per heavy atom. The third-order valence-corrected chi connectivity index (χ3v) is 3.34. The molecule has 0 aromatic heterocycles. The lowest BCUT2D eigenvalue weighted by molar-refractivity contribution is 0.156. The van der Waals surface area contributed by atoms with E-state index in [1.807, 2.05) is 7.05 Å². The number of rotatable bonds is 4. The second kappa shape index (κ2) is 5.58. The van der Waals surface area contributed by atoms with E-state index in [1.54, 1.807) is 12.1 Å². The molecule has 1 fully saturated rings. The normalized spacial score (nSPS) is 20.1. The fourth-order valence-electron chi connectivity index (χ4n) is 2.21. The third kappa shape index (κ3) is 3.03. The monoisotopic (exact) mass is 238 g/mol. The van der Waals surface area contributed by atoms with Crippen LogP contribution in [0.25, 0.3) is 0 Å². The smallest absolute Gasteiger partial charge is 0.123 e. The Morgan fingerprint density at radius 2 is 2.29 bits per heavy atom. The molecular formula is C13H19FN2O. The van der Waals surface area contributed by atoms with Crippen LogP contribution >= 0.6 is 0 Å². The summed E-state index contributed by atoms with van der Waals surface area (Å²) in [5.41, 5.74) is 7.65. The van der Waals surface area contributed by atoms with Crippen LogP contribution in [0.4, 0.5) is 4.39 Å². The van der Waals surface area contributed by atoms with E-state index >= 15 is 0 Å². The molecule has 0 amide bonds. The van der Waals surface area contributed by atoms with Crippen molar-refractivity contribution < 1.29 is 9.13 Å². The van der Waals surface area contributed by atoms with Gasteiger partial charge in [0, 0.05) is 25.7 Å². The first kappa shape index (κ1) is 12.5. The topological polar surface area (TPSA) is 38.5 Å². The van der Waals surface area contributed by atoms with E-state index in [-0.39, 0.29) is 5.82 Å². The van der Waals surface area contributed by atoms with E-state index in [0.717, 1.165) is 37.3 Å². The zero-order chi connectivity index (χ0) is 12.3. The molecule has 1 aromatic carbocycles. The minimum absolute atomic E-state index is 0.201. The fraction of sp³-hybridized carbons (Fsp3) is 0.538. The van der Waals surface area contributed by atoms with Crippen molar-refractivity contribution in [2.75, 3.05) is 20.3 Å². The third-order valence-electron chi connectivity index (χ3n) is 3.34. The summed E-state index contributed by atoms with van der Waals surface area (Å²) in [5, 5.41) is 0. The zero-order valence-electron chi connectivity index (χ0n) is 10.2. The summed E-state index contributed by atoms with van der Waals surface area (Å²) < 4.78 is 18.6. The average molecular weight is 238 g/mol. The molecule has 0 radical (unpaired) electrons. The average Bonchev–Trinajstić information content (AvgIpc) is 2.83. The van der Waals surface area contributed by atoms with Gasteiger partial charge in [0.05, 0.1) is 6.61 Å². The molecule has 1 unspecified atom stereocenters. The summed E-state index contributed by atoms with van der Waals surface area (Å²) in [5.74, 6) is -0.201. The van der Waals surface area contributed by atoms with Gasteiger partial charge in [-0.1, -0.05) is 6.07 Å². The van der Waals surface area contributed by atoms with E-state index in [4.69, 9.17) is 10.5 Å². The van der Waals surface area contributed by atoms with E-state index in [1.165, 1.54) is 6.07 Å². The predicted molar refractivity (Wildman–Crippen MR) is 65.0 cm³/mol. The number of halogens is 1. The molecule has 94 valence electrons. The van der Waals surface area contributed by atoms with Gasteiger partial charge in [0.15, 0.2) is 0 Å². The molecule has 1 aromatic rings. The van der Waals surface area contributed by atoms with Crippen LogP contribution < -0.4 is 5.73 Å². The number of hydrogen-bond donors (Lipinski definition) is 1. The SMILES string of the molecule is CN(Cc1cc(F)ccc1CN)C1CCOC1. The van der Waals surface area contributed by atoms with Gasteiger partial charge in [-0.2, -0.15) is 0 Å². The standard InChI is InChI=1S/C13H19FN2O/c1-16(13-4-5-17-9-13)8-11-6-12(14)3-2-10(11)7-15/h2-3,6,13H,4-5,7-9,15H2,1H3. The van der Waals surface area contributed by atoms with Crippen molar-refractivity contribution in [3.8, 4) is 0 Å². The van der Waals surface area contributed by atoms with Gasteiger partial charge in [0.1, 0.15) is 5.82 Å². The van der Waals surface area contributed by atoms with Crippen molar-refractivity contribution in [1.82, 2.24) is 4.90 Å². The van der Waals surface area contributed by atoms with Crippen LogP contribution in [-0.4, -0.2) is 31.2 Å². The lowest BCUT2D eigenvalue weighted by Crippen LogP contribution is -2.31. The number of likely N-dealkylation sites (N-methyl/N-ethyl adjacent to an activating group) is 1. The lowest BCUT2D eigenvalue weighted by atomic mass is 10.1. The molecule has 17 heavy (non-hydrogen) atoms. The molecule has 0 saturated carbocycles. The molecule has 4 heteroatoms. The molecule has 0 spiro atoms. The quantitative estimate of drug-likeness (QED) is 0.864. The molecule has 1 aliphatic rings. The maximum absolute atomic E-state index is 13.2. The second-order valence-corrected chi connectivity index (χ2v) is 4.55. The largest absolute Gasteiger partial charge is 0.380 e. The van der Waals surface area contributed by atoms with Gasteiger partial charge in [0.2, 0.25) is 0 Å². The summed E-state index contributed by atoms with van der Waals surface area (Å²) in [6.45, 7) is 2.76. The van der Waals surface area contributed by atoms with Crippen molar-refractivity contribution in [3.05, 3.63) is 35.1 Å². The van der Waals surface area contributed by atoms with Crippen molar-refractivity contribution in [2.24, 2.45) is 5.73 Å². The molecule has 2 N–H and O–H groups in total. The highest BCUT2D eigenvalue weighted by molar-refractivity contribution is 5.27. The van der Waals surface area contributed by atoms with E-state index in [2.05, 4.69) is 4.90 Å². The Balaban J connectivity index is 2.08. The number of nitrogens with two attached hydrogens (primary N) is 1. The van der Waals surface area contributed by atoms with Crippen LogP contribution in [0.15, 0.2) is 18.2 Å². The lowest BCUT2D eigenvalue weighted by Gasteiger charge is -2.24. The molecule has 2 rings (SSSR count). The maximum atomic E-state index is 13.2. The zero-order valence-corrected chi connectivity index (χ0v) is 10.2. The first-order valence-corrected chi connectivity index (χ1v) is 5.96. The summed E-state index contributed by atoms with van der Waals surface area (Å²) in [6.07, 6.45) is 1.05. The highest BCUT2D eigenvalue weighted by Crippen LogP contribution is 2.17. The molecule has 0 aliphatic carbocycles. The Kier molecular flexibility index (Phi) is 4.10. The minimum Gasteiger partial charge on any atom is -0.380 e. The van der Waals surface area contributed by atoms with Gasteiger partial charge in [-0.3, -0.25) is 4.90 Å². The van der Waals surface area contributed by atoms with Crippen molar-refractivity contribution in [2.45, 2.75) is 25.6 Å². The van der Waals surface area contributed by atoms with Gasteiger partial charge in [-0.15, -0.1) is 0 Å². The highest BCUT2D eigenvalue weighted by Gasteiger charge is 2.20. The fourth-order valence-corrected chi connectivity index (χ4v) is 2.21. The number of benzene rings is 1. The van der Waals surface area contributed by atoms with Crippen molar-refractivity contribution >= 4 is 0 Å². The van der Waals surface area contributed by atoms with Gasteiger partial charge >= 0.3 is 0 Å². The first-order valence-electron chi connectivity index (χ1n) is 5.96. The number of hydrogen-bond acceptors (Lipinski definition) is 3. The Labute approximate surface area is 101 Å². The molecule has 3 nitrogen and oxygen atoms in total. The molecule has 1 heterocycles. The van der Waals surface area contributed by atoms with Crippen LogP contribution in [0.3, 0.4) is 0 Å². The molecule has 1 aliphatic heterocycles. The van der Waals surface area contributed by atoms with Crippen molar-refractivity contribution in [3.63, 3.8) is 0 Å². The van der Waals surface area contributed by atoms with Crippen LogP contribution in [0.1, 0.15) is 17.5 Å². The van der Waals surface area contributed by atoms with Crippen LogP contribution in [0, 0.1) is 5.82 Å². The molecule has 1 saturated heterocycles. The number of ether oxygens (including phenoxy) is 1. The summed E-state index contributed by atoms with van der Waals surface area (Å²) in [7, 11) is 2.05. The van der Waals surface area contributed by atoms with Crippen LogP contribution in [0.2, 0.25) is 0 Å². The highest BCUT2D eigenvalue weighted by atomic mass is 19.1. The first-order chi connectivity index (χ1) is 8.20. The van der Waals surface area contributed by atoms with Crippen molar-refractivity contribution in [1.29, 1.82) is 0 Å². The van der Waals surface area contributed by atoms with Gasteiger partial charge in [-0.05, 0) is 36.7 Å². The molecular weight excluding hydrogens is 219 g/mol. The second-order valence-electron chi connectivity index (χ2n) is 4.55. The van der Waals surface area contributed by atoms with E-state index < -0.39 is 0 Å². The Morgan fingerprint density at radius 1 is 1.47 bits per heavy atom. The van der Waals surface area contributed by atoms with Crippen LogP contribution in [0.5, 0.6) is 0 Å². The van der Waals surface area contributed by atoms with Gasteiger partial charge < -0.3 is 10.5 Å². The maximum Gasteiger partial charge on any atom is 0.123 e. The van der Waals surface area contributed by atoms with E-state index in [9.17, 15) is 4.39 Å². The molecule has 1 atom stereocenters. The summed E-state index contributed by atoms with van der Waals surface area (Å²) in [4.78, 5) is 2.21.